The van der Waals surface area contributed by atoms with Gasteiger partial charge in [0.15, 0.2) is 5.69 Å². The van der Waals surface area contributed by atoms with Crippen LogP contribution in [-0.2, 0) is 0 Å². The van der Waals surface area contributed by atoms with Crippen LogP contribution in [0.4, 0.5) is 0 Å². The largest absolute Gasteiger partial charge is 0.357 e. The van der Waals surface area contributed by atoms with Crippen LogP contribution in [0.25, 0.3) is 5.69 Å². The maximum absolute atomic E-state index is 11.9. The Morgan fingerprint density at radius 2 is 1.77 bits per heavy atom. The van der Waals surface area contributed by atoms with Gasteiger partial charge in [0.05, 0.1) is 11.9 Å². The van der Waals surface area contributed by atoms with E-state index < -0.39 is 11.8 Å². The van der Waals surface area contributed by atoms with Gasteiger partial charge in [-0.25, -0.2) is 4.68 Å². The van der Waals surface area contributed by atoms with Crippen LogP contribution in [0.1, 0.15) is 21.0 Å². The molecule has 2 amide bonds. The third-order valence-corrected chi connectivity index (χ3v) is 2.88. The summed E-state index contributed by atoms with van der Waals surface area (Å²) in [5.74, 6) is -1.00. The lowest BCUT2D eigenvalue weighted by molar-refractivity contribution is 0.0841. The van der Waals surface area contributed by atoms with Gasteiger partial charge in [0.1, 0.15) is 5.69 Å². The molecule has 3 rings (SSSR count). The Balaban J connectivity index is 1.64. The van der Waals surface area contributed by atoms with Gasteiger partial charge in [-0.2, -0.15) is 0 Å². The van der Waals surface area contributed by atoms with Crippen molar-refractivity contribution in [2.75, 3.05) is 0 Å². The number of para-hydroxylation sites is 1. The fourth-order valence-electron chi connectivity index (χ4n) is 1.79. The van der Waals surface area contributed by atoms with E-state index in [9.17, 15) is 9.59 Å². The predicted molar refractivity (Wildman–Crippen MR) is 77.1 cm³/mol. The van der Waals surface area contributed by atoms with E-state index in [1.807, 2.05) is 30.3 Å². The molecule has 22 heavy (non-hydrogen) atoms. The normalized spacial score (nSPS) is 10.2. The lowest BCUT2D eigenvalue weighted by Crippen LogP contribution is -2.41. The monoisotopic (exact) mass is 296 g/mol. The highest BCUT2D eigenvalue weighted by Crippen LogP contribution is 2.05. The van der Waals surface area contributed by atoms with Crippen molar-refractivity contribution in [3.05, 3.63) is 66.2 Å². The summed E-state index contributed by atoms with van der Waals surface area (Å²) in [4.78, 5) is 26.3. The lowest BCUT2D eigenvalue weighted by Gasteiger charge is -2.03. The maximum Gasteiger partial charge on any atom is 0.291 e. The number of H-pyrrole nitrogens is 1. The van der Waals surface area contributed by atoms with Crippen LogP contribution in [0, 0.1) is 0 Å². The molecule has 0 radical (unpaired) electrons. The molecule has 1 aromatic carbocycles. The number of benzene rings is 1. The van der Waals surface area contributed by atoms with E-state index in [2.05, 4.69) is 26.1 Å². The Labute approximate surface area is 125 Å². The number of nitrogens with zero attached hydrogens (tertiary/aromatic N) is 3. The summed E-state index contributed by atoms with van der Waals surface area (Å²) in [5, 5.41) is 7.65. The van der Waals surface area contributed by atoms with E-state index in [1.54, 1.807) is 18.3 Å². The zero-order valence-electron chi connectivity index (χ0n) is 11.4. The second kappa shape index (κ2) is 5.92. The summed E-state index contributed by atoms with van der Waals surface area (Å²) in [6.45, 7) is 0. The molecule has 0 bridgehead atoms. The SMILES string of the molecule is O=C(NNC(=O)c1ccc[nH]1)c1cn(-c2ccccc2)nn1. The number of carbonyl (C=O) groups excluding carboxylic acids is 2. The van der Waals surface area contributed by atoms with Crippen molar-refractivity contribution in [2.24, 2.45) is 0 Å². The first kappa shape index (κ1) is 13.6. The molecule has 2 aromatic heterocycles. The molecule has 8 nitrogen and oxygen atoms in total. The molecule has 0 saturated carbocycles. The van der Waals surface area contributed by atoms with Crippen LogP contribution in [0.15, 0.2) is 54.9 Å². The maximum atomic E-state index is 11.9. The average molecular weight is 296 g/mol. The van der Waals surface area contributed by atoms with Gasteiger partial charge in [0.2, 0.25) is 0 Å². The third-order valence-electron chi connectivity index (χ3n) is 2.88. The molecule has 0 spiro atoms. The first-order valence-electron chi connectivity index (χ1n) is 6.46. The van der Waals surface area contributed by atoms with Crippen LogP contribution in [-0.4, -0.2) is 31.8 Å². The van der Waals surface area contributed by atoms with E-state index in [1.165, 1.54) is 10.9 Å². The molecule has 0 aliphatic rings. The van der Waals surface area contributed by atoms with E-state index in [0.29, 0.717) is 5.69 Å². The number of nitrogens with one attached hydrogen (secondary N) is 3. The number of hydrazine groups is 1. The van der Waals surface area contributed by atoms with Crippen molar-refractivity contribution < 1.29 is 9.59 Å². The fourth-order valence-corrected chi connectivity index (χ4v) is 1.79. The van der Waals surface area contributed by atoms with Gasteiger partial charge < -0.3 is 4.98 Å². The van der Waals surface area contributed by atoms with Gasteiger partial charge >= 0.3 is 0 Å². The number of aromatic amines is 1. The van der Waals surface area contributed by atoms with E-state index in [0.717, 1.165) is 5.69 Å². The first-order chi connectivity index (χ1) is 10.7. The third kappa shape index (κ3) is 2.85. The molecular formula is C14H12N6O2. The van der Waals surface area contributed by atoms with Crippen molar-refractivity contribution in [1.29, 1.82) is 0 Å². The second-order valence-corrected chi connectivity index (χ2v) is 4.38. The Morgan fingerprint density at radius 3 is 2.50 bits per heavy atom. The van der Waals surface area contributed by atoms with Crippen LogP contribution in [0.3, 0.4) is 0 Å². The fraction of sp³-hybridized carbons (Fsp3) is 0. The van der Waals surface area contributed by atoms with Gasteiger partial charge in [-0.15, -0.1) is 5.10 Å². The van der Waals surface area contributed by atoms with E-state index in [4.69, 9.17) is 0 Å². The second-order valence-electron chi connectivity index (χ2n) is 4.38. The van der Waals surface area contributed by atoms with Crippen molar-refractivity contribution in [2.45, 2.75) is 0 Å². The number of amides is 2. The Hall–Kier alpha value is -3.42. The number of rotatable bonds is 3. The average Bonchev–Trinajstić information content (AvgIpc) is 3.24. The minimum Gasteiger partial charge on any atom is -0.357 e. The predicted octanol–water partition coefficient (Wildman–Crippen LogP) is 0.670. The highest BCUT2D eigenvalue weighted by molar-refractivity contribution is 5.97. The molecule has 0 aliphatic heterocycles. The molecule has 3 aromatic rings. The Kier molecular flexibility index (Phi) is 3.65. The molecule has 0 aliphatic carbocycles. The standard InChI is InChI=1S/C14H12N6O2/c21-13(11-7-4-8-15-11)17-18-14(22)12-9-20(19-16-12)10-5-2-1-3-6-10/h1-9,15H,(H,17,21)(H,18,22). The van der Waals surface area contributed by atoms with Gasteiger partial charge in [0, 0.05) is 6.20 Å². The molecule has 8 heteroatoms. The van der Waals surface area contributed by atoms with Crippen LogP contribution in [0.5, 0.6) is 0 Å². The van der Waals surface area contributed by atoms with Crippen molar-refractivity contribution >= 4 is 11.8 Å². The smallest absolute Gasteiger partial charge is 0.291 e. The molecule has 0 fully saturated rings. The highest BCUT2D eigenvalue weighted by Gasteiger charge is 2.13. The molecule has 2 heterocycles. The van der Waals surface area contributed by atoms with E-state index >= 15 is 0 Å². The zero-order valence-corrected chi connectivity index (χ0v) is 11.4. The van der Waals surface area contributed by atoms with Crippen LogP contribution < -0.4 is 10.9 Å². The van der Waals surface area contributed by atoms with Gasteiger partial charge in [-0.05, 0) is 24.3 Å². The lowest BCUT2D eigenvalue weighted by atomic mass is 10.3. The van der Waals surface area contributed by atoms with Gasteiger partial charge in [-0.1, -0.05) is 23.4 Å². The minimum absolute atomic E-state index is 0.0932. The number of carbonyl (C=O) groups is 2. The molecule has 110 valence electrons. The Bertz CT molecular complexity index is 779. The summed E-state index contributed by atoms with van der Waals surface area (Å²) in [7, 11) is 0. The molecule has 0 saturated heterocycles. The van der Waals surface area contributed by atoms with Crippen LogP contribution >= 0.6 is 0 Å². The summed E-state index contributed by atoms with van der Waals surface area (Å²) >= 11 is 0. The summed E-state index contributed by atoms with van der Waals surface area (Å²) in [5.41, 5.74) is 5.78. The number of aromatic nitrogens is 4. The molecule has 3 N–H and O–H groups in total. The van der Waals surface area contributed by atoms with Crippen LogP contribution in [0.2, 0.25) is 0 Å². The number of hydrogen-bond acceptors (Lipinski definition) is 4. The highest BCUT2D eigenvalue weighted by atomic mass is 16.2. The molecule has 0 unspecified atom stereocenters. The molecule has 0 atom stereocenters. The van der Waals surface area contributed by atoms with Gasteiger partial charge in [0.25, 0.3) is 11.8 Å². The van der Waals surface area contributed by atoms with Gasteiger partial charge in [-0.3, -0.25) is 20.4 Å². The van der Waals surface area contributed by atoms with Crippen molar-refractivity contribution in [1.82, 2.24) is 30.8 Å². The zero-order chi connectivity index (χ0) is 15.4. The summed E-state index contributed by atoms with van der Waals surface area (Å²) < 4.78 is 1.47. The number of hydrogen-bond donors (Lipinski definition) is 3. The summed E-state index contributed by atoms with van der Waals surface area (Å²) in [6.07, 6.45) is 3.09. The van der Waals surface area contributed by atoms with E-state index in [-0.39, 0.29) is 5.69 Å². The first-order valence-corrected chi connectivity index (χ1v) is 6.46. The van der Waals surface area contributed by atoms with Crippen molar-refractivity contribution in [3.63, 3.8) is 0 Å². The summed E-state index contributed by atoms with van der Waals surface area (Å²) in [6, 6.07) is 12.5. The van der Waals surface area contributed by atoms with Crippen molar-refractivity contribution in [3.8, 4) is 5.69 Å². The minimum atomic E-state index is -0.554. The molecular weight excluding hydrogens is 284 g/mol. The Morgan fingerprint density at radius 1 is 1.00 bits per heavy atom. The topological polar surface area (TPSA) is 105 Å². The quantitative estimate of drug-likeness (QED) is 0.618.